The lowest BCUT2D eigenvalue weighted by molar-refractivity contribution is 0.157. The second-order valence-electron chi connectivity index (χ2n) is 4.98. The van der Waals surface area contributed by atoms with Crippen LogP contribution >= 0.6 is 0 Å². The van der Waals surface area contributed by atoms with Crippen molar-refractivity contribution in [2.45, 2.75) is 18.9 Å². The third kappa shape index (κ3) is 3.38. The summed E-state index contributed by atoms with van der Waals surface area (Å²) in [6.07, 6.45) is 0.278. The highest BCUT2D eigenvalue weighted by Gasteiger charge is 2.29. The predicted molar refractivity (Wildman–Crippen MR) is 79.5 cm³/mol. The van der Waals surface area contributed by atoms with Gasteiger partial charge in [0.25, 0.3) is 0 Å². The molecule has 0 aromatic heterocycles. The SMILES string of the molecule is COC(=O)NC(C)(Cc1ccccc1)c1ccccc1. The second-order valence-corrected chi connectivity index (χ2v) is 4.98. The molecule has 104 valence electrons. The highest BCUT2D eigenvalue weighted by Crippen LogP contribution is 2.25. The molecule has 1 N–H and O–H groups in total. The Morgan fingerprint density at radius 1 is 1.05 bits per heavy atom. The lowest BCUT2D eigenvalue weighted by atomic mass is 9.85. The fourth-order valence-electron chi connectivity index (χ4n) is 2.30. The molecule has 0 aliphatic heterocycles. The van der Waals surface area contributed by atoms with Gasteiger partial charge in [-0.15, -0.1) is 0 Å². The first-order valence-electron chi connectivity index (χ1n) is 6.59. The molecule has 1 unspecified atom stereocenters. The van der Waals surface area contributed by atoms with Crippen molar-refractivity contribution in [3.8, 4) is 0 Å². The van der Waals surface area contributed by atoms with E-state index in [1.54, 1.807) is 0 Å². The van der Waals surface area contributed by atoms with Gasteiger partial charge in [-0.05, 0) is 24.5 Å². The maximum atomic E-state index is 11.7. The Hall–Kier alpha value is -2.29. The number of rotatable bonds is 4. The zero-order valence-corrected chi connectivity index (χ0v) is 11.8. The van der Waals surface area contributed by atoms with E-state index in [9.17, 15) is 4.79 Å². The third-order valence-electron chi connectivity index (χ3n) is 3.37. The van der Waals surface area contributed by atoms with Gasteiger partial charge in [0.2, 0.25) is 0 Å². The smallest absolute Gasteiger partial charge is 0.407 e. The molecule has 2 aromatic carbocycles. The van der Waals surface area contributed by atoms with E-state index in [0.29, 0.717) is 6.42 Å². The van der Waals surface area contributed by atoms with Crippen molar-refractivity contribution in [3.63, 3.8) is 0 Å². The van der Waals surface area contributed by atoms with Crippen LogP contribution in [0.4, 0.5) is 4.79 Å². The number of hydrogen-bond donors (Lipinski definition) is 1. The highest BCUT2D eigenvalue weighted by molar-refractivity contribution is 5.68. The van der Waals surface area contributed by atoms with Crippen molar-refractivity contribution in [1.82, 2.24) is 5.32 Å². The molecule has 1 atom stereocenters. The Balaban J connectivity index is 2.31. The Morgan fingerprint density at radius 2 is 1.60 bits per heavy atom. The Labute approximate surface area is 119 Å². The number of ether oxygens (including phenoxy) is 1. The molecule has 0 aliphatic rings. The van der Waals surface area contributed by atoms with E-state index in [-0.39, 0.29) is 0 Å². The van der Waals surface area contributed by atoms with Gasteiger partial charge in [-0.1, -0.05) is 60.7 Å². The van der Waals surface area contributed by atoms with Gasteiger partial charge in [-0.3, -0.25) is 0 Å². The first-order chi connectivity index (χ1) is 9.64. The van der Waals surface area contributed by atoms with Crippen LogP contribution in [0.25, 0.3) is 0 Å². The maximum Gasteiger partial charge on any atom is 0.407 e. The summed E-state index contributed by atoms with van der Waals surface area (Å²) in [5.74, 6) is 0. The molecule has 0 aliphatic carbocycles. The normalized spacial score (nSPS) is 13.3. The van der Waals surface area contributed by atoms with E-state index < -0.39 is 11.6 Å². The molecule has 20 heavy (non-hydrogen) atoms. The van der Waals surface area contributed by atoms with Crippen molar-refractivity contribution in [2.75, 3.05) is 7.11 Å². The van der Waals surface area contributed by atoms with Crippen molar-refractivity contribution < 1.29 is 9.53 Å². The summed E-state index contributed by atoms with van der Waals surface area (Å²) in [6, 6.07) is 20.0. The van der Waals surface area contributed by atoms with Crippen LogP contribution in [0, 0.1) is 0 Å². The van der Waals surface area contributed by atoms with Gasteiger partial charge in [-0.2, -0.15) is 0 Å². The summed E-state index contributed by atoms with van der Waals surface area (Å²) < 4.78 is 4.76. The van der Waals surface area contributed by atoms with Gasteiger partial charge >= 0.3 is 6.09 Å². The van der Waals surface area contributed by atoms with Gasteiger partial charge in [0.05, 0.1) is 12.6 Å². The summed E-state index contributed by atoms with van der Waals surface area (Å²) in [7, 11) is 1.38. The van der Waals surface area contributed by atoms with Crippen LogP contribution in [0.2, 0.25) is 0 Å². The highest BCUT2D eigenvalue weighted by atomic mass is 16.5. The fourth-order valence-corrected chi connectivity index (χ4v) is 2.30. The molecule has 1 amide bonds. The first-order valence-corrected chi connectivity index (χ1v) is 6.59. The number of nitrogens with one attached hydrogen (secondary N) is 1. The minimum absolute atomic E-state index is 0.424. The summed E-state index contributed by atoms with van der Waals surface area (Å²) >= 11 is 0. The molecule has 0 radical (unpaired) electrons. The number of alkyl carbamates (subject to hydrolysis) is 1. The monoisotopic (exact) mass is 269 g/mol. The summed E-state index contributed by atoms with van der Waals surface area (Å²) in [4.78, 5) is 11.7. The van der Waals surface area contributed by atoms with E-state index >= 15 is 0 Å². The van der Waals surface area contributed by atoms with Crippen molar-refractivity contribution in [3.05, 3.63) is 71.8 Å². The Bertz CT molecular complexity index is 554. The molecular weight excluding hydrogens is 250 g/mol. The van der Waals surface area contributed by atoms with Gasteiger partial charge in [0.15, 0.2) is 0 Å². The van der Waals surface area contributed by atoms with Crippen LogP contribution in [0.15, 0.2) is 60.7 Å². The van der Waals surface area contributed by atoms with Crippen molar-refractivity contribution >= 4 is 6.09 Å². The second kappa shape index (κ2) is 6.24. The first kappa shape index (κ1) is 14.1. The minimum Gasteiger partial charge on any atom is -0.453 e. The average Bonchev–Trinajstić information content (AvgIpc) is 2.49. The Kier molecular flexibility index (Phi) is 4.41. The van der Waals surface area contributed by atoms with Crippen LogP contribution in [-0.4, -0.2) is 13.2 Å². The largest absolute Gasteiger partial charge is 0.453 e. The number of amides is 1. The number of methoxy groups -OCH3 is 1. The third-order valence-corrected chi connectivity index (χ3v) is 3.37. The zero-order valence-electron chi connectivity index (χ0n) is 11.8. The average molecular weight is 269 g/mol. The van der Waals surface area contributed by atoms with Gasteiger partial charge in [-0.25, -0.2) is 4.79 Å². The standard InChI is InChI=1S/C17H19NO2/c1-17(18-16(19)20-2,15-11-7-4-8-12-15)13-14-9-5-3-6-10-14/h3-12H,13H2,1-2H3,(H,18,19). The van der Waals surface area contributed by atoms with Gasteiger partial charge in [0.1, 0.15) is 0 Å². The van der Waals surface area contributed by atoms with E-state index in [4.69, 9.17) is 4.74 Å². The Morgan fingerprint density at radius 3 is 2.15 bits per heavy atom. The molecule has 0 saturated carbocycles. The fraction of sp³-hybridized carbons (Fsp3) is 0.235. The molecule has 2 rings (SSSR count). The van der Waals surface area contributed by atoms with Crippen LogP contribution in [0.3, 0.4) is 0 Å². The van der Waals surface area contributed by atoms with Crippen molar-refractivity contribution in [2.24, 2.45) is 0 Å². The van der Waals surface area contributed by atoms with Crippen LogP contribution < -0.4 is 5.32 Å². The van der Waals surface area contributed by atoms with E-state index in [0.717, 1.165) is 11.1 Å². The van der Waals surface area contributed by atoms with Crippen LogP contribution in [0.1, 0.15) is 18.1 Å². The molecule has 3 nitrogen and oxygen atoms in total. The molecule has 0 heterocycles. The number of carbonyl (C=O) groups is 1. The van der Waals surface area contributed by atoms with Crippen molar-refractivity contribution in [1.29, 1.82) is 0 Å². The molecular formula is C17H19NO2. The van der Waals surface area contributed by atoms with Gasteiger partial charge in [0, 0.05) is 0 Å². The maximum absolute atomic E-state index is 11.7. The quantitative estimate of drug-likeness (QED) is 0.922. The summed E-state index contributed by atoms with van der Waals surface area (Å²) in [6.45, 7) is 2.01. The van der Waals surface area contributed by atoms with Gasteiger partial charge < -0.3 is 10.1 Å². The topological polar surface area (TPSA) is 38.3 Å². The number of carbonyl (C=O) groups excluding carboxylic acids is 1. The van der Waals surface area contributed by atoms with E-state index in [2.05, 4.69) is 17.4 Å². The molecule has 3 heteroatoms. The van der Waals surface area contributed by atoms with Crippen LogP contribution in [0.5, 0.6) is 0 Å². The van der Waals surface area contributed by atoms with E-state index in [1.807, 2.05) is 55.5 Å². The molecule has 0 bridgehead atoms. The minimum atomic E-state index is -0.504. The summed E-state index contributed by atoms with van der Waals surface area (Å²) in [5.41, 5.74) is 1.71. The molecule has 2 aromatic rings. The summed E-state index contributed by atoms with van der Waals surface area (Å²) in [5, 5.41) is 2.95. The molecule has 0 fully saturated rings. The van der Waals surface area contributed by atoms with Crippen LogP contribution in [-0.2, 0) is 16.7 Å². The number of hydrogen-bond acceptors (Lipinski definition) is 2. The predicted octanol–water partition coefficient (Wildman–Crippen LogP) is 3.50. The lowest BCUT2D eigenvalue weighted by Gasteiger charge is -2.31. The molecule has 0 spiro atoms. The lowest BCUT2D eigenvalue weighted by Crippen LogP contribution is -2.45. The molecule has 0 saturated heterocycles. The van der Waals surface area contributed by atoms with E-state index in [1.165, 1.54) is 7.11 Å². The number of benzene rings is 2. The zero-order chi connectivity index (χ0) is 14.4.